The highest BCUT2D eigenvalue weighted by atomic mass is 16.1. The summed E-state index contributed by atoms with van der Waals surface area (Å²) in [6.07, 6.45) is 1.07. The number of benzene rings is 1. The summed E-state index contributed by atoms with van der Waals surface area (Å²) in [6, 6.07) is 7.87. The van der Waals surface area contributed by atoms with Crippen molar-refractivity contribution in [2.75, 3.05) is 0 Å². The van der Waals surface area contributed by atoms with Gasteiger partial charge in [-0.15, -0.1) is 0 Å². The molecule has 1 aromatic rings. The molecular formula is C12H16O. The Kier molecular flexibility index (Phi) is 3.24. The molecule has 1 aromatic carbocycles. The molecule has 0 N–H and O–H groups in total. The molecule has 1 nitrogen and oxygen atoms in total. The molecule has 0 unspecified atom stereocenters. The van der Waals surface area contributed by atoms with Gasteiger partial charge in [0, 0.05) is 5.56 Å². The first-order valence-corrected chi connectivity index (χ1v) is 4.76. The van der Waals surface area contributed by atoms with Crippen molar-refractivity contribution in [3.8, 4) is 0 Å². The summed E-state index contributed by atoms with van der Waals surface area (Å²) >= 11 is 0. The Morgan fingerprint density at radius 2 is 2.00 bits per heavy atom. The number of rotatable bonds is 3. The monoisotopic (exact) mass is 176 g/mol. The average Bonchev–Trinajstić information content (AvgIpc) is 2.16. The maximum Gasteiger partial charge on any atom is 0.160 e. The van der Waals surface area contributed by atoms with E-state index >= 15 is 0 Å². The number of hydrogen-bond donors (Lipinski definition) is 0. The molecule has 0 radical (unpaired) electrons. The fraction of sp³-hybridized carbons (Fsp3) is 0.417. The quantitative estimate of drug-likeness (QED) is 0.645. The molecule has 0 bridgehead atoms. The summed E-state index contributed by atoms with van der Waals surface area (Å²) in [5, 5.41) is 0. The Bertz CT molecular complexity index is 302. The predicted molar refractivity (Wildman–Crippen MR) is 55.2 cm³/mol. The lowest BCUT2D eigenvalue weighted by molar-refractivity contribution is 0.101. The van der Waals surface area contributed by atoms with E-state index in [1.54, 1.807) is 6.92 Å². The fourth-order valence-corrected chi connectivity index (χ4v) is 1.47. The lowest BCUT2D eigenvalue weighted by Crippen LogP contribution is -2.02. The third kappa shape index (κ3) is 2.18. The van der Waals surface area contributed by atoms with E-state index in [9.17, 15) is 4.79 Å². The van der Waals surface area contributed by atoms with Gasteiger partial charge < -0.3 is 0 Å². The minimum Gasteiger partial charge on any atom is -0.295 e. The van der Waals surface area contributed by atoms with Gasteiger partial charge in [0.25, 0.3) is 0 Å². The van der Waals surface area contributed by atoms with Gasteiger partial charge in [0.15, 0.2) is 5.78 Å². The van der Waals surface area contributed by atoms with E-state index in [0.29, 0.717) is 5.92 Å². The first-order chi connectivity index (χ1) is 6.16. The number of ketones is 1. The fourth-order valence-electron chi connectivity index (χ4n) is 1.47. The number of carbonyl (C=O) groups excluding carboxylic acids is 1. The van der Waals surface area contributed by atoms with Crippen LogP contribution in [0.15, 0.2) is 24.3 Å². The zero-order chi connectivity index (χ0) is 9.84. The SMILES string of the molecule is CC[C@H](C)c1ccccc1C(C)=O. The zero-order valence-electron chi connectivity index (χ0n) is 8.50. The topological polar surface area (TPSA) is 17.1 Å². The molecule has 0 aliphatic heterocycles. The second-order valence-electron chi connectivity index (χ2n) is 3.45. The van der Waals surface area contributed by atoms with Crippen molar-refractivity contribution < 1.29 is 4.79 Å². The molecule has 0 aromatic heterocycles. The Labute approximate surface area is 79.8 Å². The molecule has 70 valence electrons. The minimum atomic E-state index is 0.163. The van der Waals surface area contributed by atoms with Gasteiger partial charge in [0.1, 0.15) is 0 Å². The molecule has 1 rings (SSSR count). The van der Waals surface area contributed by atoms with Crippen LogP contribution in [-0.4, -0.2) is 5.78 Å². The summed E-state index contributed by atoms with van der Waals surface area (Å²) in [7, 11) is 0. The summed E-state index contributed by atoms with van der Waals surface area (Å²) in [5.41, 5.74) is 2.05. The average molecular weight is 176 g/mol. The van der Waals surface area contributed by atoms with Gasteiger partial charge in [-0.25, -0.2) is 0 Å². The number of hydrogen-bond acceptors (Lipinski definition) is 1. The molecule has 0 saturated heterocycles. The van der Waals surface area contributed by atoms with E-state index in [1.807, 2.05) is 24.3 Å². The van der Waals surface area contributed by atoms with Crippen LogP contribution in [0.5, 0.6) is 0 Å². The Morgan fingerprint density at radius 3 is 2.54 bits per heavy atom. The van der Waals surface area contributed by atoms with E-state index in [2.05, 4.69) is 13.8 Å². The standard InChI is InChI=1S/C12H16O/c1-4-9(2)11-7-5-6-8-12(11)10(3)13/h5-9H,4H2,1-3H3/t9-/m0/s1. The van der Waals surface area contributed by atoms with Crippen LogP contribution in [0.3, 0.4) is 0 Å². The number of Topliss-reactive ketones (excluding diaryl/α,β-unsaturated/α-hetero) is 1. The van der Waals surface area contributed by atoms with Crippen molar-refractivity contribution >= 4 is 5.78 Å². The predicted octanol–water partition coefficient (Wildman–Crippen LogP) is 3.40. The largest absolute Gasteiger partial charge is 0.295 e. The molecule has 0 aliphatic carbocycles. The Morgan fingerprint density at radius 1 is 1.38 bits per heavy atom. The second-order valence-corrected chi connectivity index (χ2v) is 3.45. The van der Waals surface area contributed by atoms with Crippen molar-refractivity contribution in [1.82, 2.24) is 0 Å². The lowest BCUT2D eigenvalue weighted by atomic mass is 9.92. The first-order valence-electron chi connectivity index (χ1n) is 4.76. The molecule has 0 fully saturated rings. The van der Waals surface area contributed by atoms with Gasteiger partial charge in [0.2, 0.25) is 0 Å². The van der Waals surface area contributed by atoms with Crippen LogP contribution >= 0.6 is 0 Å². The smallest absolute Gasteiger partial charge is 0.160 e. The van der Waals surface area contributed by atoms with Crippen molar-refractivity contribution in [2.45, 2.75) is 33.1 Å². The third-order valence-corrected chi connectivity index (χ3v) is 2.48. The van der Waals surface area contributed by atoms with E-state index in [-0.39, 0.29) is 5.78 Å². The second kappa shape index (κ2) is 4.22. The number of carbonyl (C=O) groups is 1. The van der Waals surface area contributed by atoms with Gasteiger partial charge in [-0.3, -0.25) is 4.79 Å². The Balaban J connectivity index is 3.11. The molecule has 1 atom stereocenters. The molecule has 0 aliphatic rings. The van der Waals surface area contributed by atoms with E-state index < -0.39 is 0 Å². The Hall–Kier alpha value is -1.11. The van der Waals surface area contributed by atoms with Crippen molar-refractivity contribution in [1.29, 1.82) is 0 Å². The normalized spacial score (nSPS) is 12.5. The molecule has 0 saturated carbocycles. The van der Waals surface area contributed by atoms with Crippen molar-refractivity contribution in [3.63, 3.8) is 0 Å². The van der Waals surface area contributed by atoms with E-state index in [1.165, 1.54) is 5.56 Å². The van der Waals surface area contributed by atoms with Crippen molar-refractivity contribution in [2.24, 2.45) is 0 Å². The van der Waals surface area contributed by atoms with Gasteiger partial charge in [-0.2, -0.15) is 0 Å². The molecule has 0 heterocycles. The van der Waals surface area contributed by atoms with Crippen molar-refractivity contribution in [3.05, 3.63) is 35.4 Å². The van der Waals surface area contributed by atoms with Crippen LogP contribution in [0.25, 0.3) is 0 Å². The van der Waals surface area contributed by atoms with E-state index in [0.717, 1.165) is 12.0 Å². The molecule has 0 amide bonds. The molecule has 1 heteroatoms. The van der Waals surface area contributed by atoms with Crippen LogP contribution in [-0.2, 0) is 0 Å². The molecular weight excluding hydrogens is 160 g/mol. The lowest BCUT2D eigenvalue weighted by Gasteiger charge is -2.12. The highest BCUT2D eigenvalue weighted by Gasteiger charge is 2.10. The molecule has 13 heavy (non-hydrogen) atoms. The highest BCUT2D eigenvalue weighted by Crippen LogP contribution is 2.22. The maximum absolute atomic E-state index is 11.3. The van der Waals surface area contributed by atoms with Crippen LogP contribution in [0, 0.1) is 0 Å². The zero-order valence-corrected chi connectivity index (χ0v) is 8.50. The van der Waals surface area contributed by atoms with Crippen LogP contribution in [0.1, 0.15) is 49.0 Å². The summed E-state index contributed by atoms with van der Waals surface area (Å²) in [5.74, 6) is 0.635. The van der Waals surface area contributed by atoms with Gasteiger partial charge in [-0.05, 0) is 24.8 Å². The van der Waals surface area contributed by atoms with Crippen LogP contribution in [0.4, 0.5) is 0 Å². The highest BCUT2D eigenvalue weighted by molar-refractivity contribution is 5.95. The maximum atomic E-state index is 11.3. The first kappa shape index (κ1) is 9.97. The van der Waals surface area contributed by atoms with Crippen LogP contribution < -0.4 is 0 Å². The summed E-state index contributed by atoms with van der Waals surface area (Å²) in [4.78, 5) is 11.3. The van der Waals surface area contributed by atoms with Crippen LogP contribution in [0.2, 0.25) is 0 Å². The summed E-state index contributed by atoms with van der Waals surface area (Å²) < 4.78 is 0. The van der Waals surface area contributed by atoms with Gasteiger partial charge in [-0.1, -0.05) is 38.1 Å². The summed E-state index contributed by atoms with van der Waals surface area (Å²) in [6.45, 7) is 5.92. The molecule has 0 spiro atoms. The van der Waals surface area contributed by atoms with Gasteiger partial charge in [0.05, 0.1) is 0 Å². The van der Waals surface area contributed by atoms with E-state index in [4.69, 9.17) is 0 Å². The minimum absolute atomic E-state index is 0.163. The van der Waals surface area contributed by atoms with Gasteiger partial charge >= 0.3 is 0 Å². The third-order valence-electron chi connectivity index (χ3n) is 2.48.